The highest BCUT2D eigenvalue weighted by Gasteiger charge is 2.28. The fraction of sp³-hybridized carbons (Fsp3) is 0.133. The molecule has 0 aliphatic carbocycles. The molecule has 1 aromatic carbocycles. The van der Waals surface area contributed by atoms with Crippen molar-refractivity contribution in [1.29, 1.82) is 0 Å². The van der Waals surface area contributed by atoms with Crippen LogP contribution in [-0.4, -0.2) is 20.8 Å². The molecule has 4 nitrogen and oxygen atoms in total. The fourth-order valence-corrected chi connectivity index (χ4v) is 2.36. The first-order valence-corrected chi connectivity index (χ1v) is 7.14. The largest absolute Gasteiger partial charge is 0.458 e. The molecule has 0 aliphatic heterocycles. The van der Waals surface area contributed by atoms with Crippen LogP contribution in [0.5, 0.6) is 5.75 Å². The van der Waals surface area contributed by atoms with Crippen molar-refractivity contribution >= 4 is 17.1 Å². The van der Waals surface area contributed by atoms with E-state index in [4.69, 9.17) is 11.6 Å². The normalized spacial score (nSPS) is 12.6. The van der Waals surface area contributed by atoms with E-state index in [0.29, 0.717) is 10.5 Å². The fourth-order valence-electron chi connectivity index (χ4n) is 2.20. The highest BCUT2D eigenvalue weighted by molar-refractivity contribution is 6.30. The number of hydrogen-bond acceptors (Lipinski definition) is 3. The zero-order valence-electron chi connectivity index (χ0n) is 12.1. The summed E-state index contributed by atoms with van der Waals surface area (Å²) < 4.78 is 72.4. The van der Waals surface area contributed by atoms with Gasteiger partial charge in [-0.3, -0.25) is 0 Å². The number of hydrogen-bond donors (Lipinski definition) is 1. The predicted octanol–water partition coefficient (Wildman–Crippen LogP) is 3.62. The van der Waals surface area contributed by atoms with Crippen molar-refractivity contribution in [3.05, 3.63) is 64.5 Å². The zero-order valence-corrected chi connectivity index (χ0v) is 12.9. The van der Waals surface area contributed by atoms with Crippen LogP contribution in [0.3, 0.4) is 0 Å². The predicted molar refractivity (Wildman–Crippen MR) is 76.8 cm³/mol. The van der Waals surface area contributed by atoms with Gasteiger partial charge in [0.15, 0.2) is 5.75 Å². The van der Waals surface area contributed by atoms with Crippen LogP contribution in [-0.2, 0) is 6.42 Å². The van der Waals surface area contributed by atoms with Crippen molar-refractivity contribution in [2.45, 2.75) is 12.7 Å². The Morgan fingerprint density at radius 3 is 2.32 bits per heavy atom. The average molecular weight is 379 g/mol. The number of aromatic nitrogens is 2. The number of benzene rings is 1. The molecule has 132 valence electrons. The molecule has 0 bridgehead atoms. The quantitative estimate of drug-likeness (QED) is 0.326. The number of nitrogens with zero attached hydrogens (tertiary/aromatic N) is 2. The Bertz CT molecular complexity index is 934. The van der Waals surface area contributed by atoms with Gasteiger partial charge in [-0.2, -0.15) is 8.78 Å². The van der Waals surface area contributed by atoms with Gasteiger partial charge >= 0.3 is 0 Å². The molecule has 0 fully saturated rings. The molecular weight excluding hydrogens is 371 g/mol. The third kappa shape index (κ3) is 3.12. The Morgan fingerprint density at radius 1 is 1.08 bits per heavy atom. The molecule has 0 spiro atoms. The molecule has 1 N–H and O–H groups in total. The van der Waals surface area contributed by atoms with Crippen molar-refractivity contribution in [2.75, 3.05) is 0 Å². The minimum absolute atomic E-state index is 0.249. The third-order valence-corrected chi connectivity index (χ3v) is 3.61. The van der Waals surface area contributed by atoms with Gasteiger partial charge in [-0.25, -0.2) is 18.2 Å². The molecule has 2 aromatic heterocycles. The highest BCUT2D eigenvalue weighted by atomic mass is 35.5. The highest BCUT2D eigenvalue weighted by Crippen LogP contribution is 2.30. The number of imidazole rings is 1. The van der Waals surface area contributed by atoms with Crippen LogP contribution in [0.4, 0.5) is 22.0 Å². The lowest BCUT2D eigenvalue weighted by Gasteiger charge is -2.15. The van der Waals surface area contributed by atoms with Crippen molar-refractivity contribution < 1.29 is 31.8 Å². The molecule has 0 saturated carbocycles. The summed E-state index contributed by atoms with van der Waals surface area (Å²) in [4.78, 5) is 3.98. The van der Waals surface area contributed by atoms with Gasteiger partial charge in [-0.15, -0.1) is 0 Å². The van der Waals surface area contributed by atoms with E-state index in [0.717, 1.165) is 0 Å². The van der Waals surface area contributed by atoms with Gasteiger partial charge in [0.05, 0.1) is 24.0 Å². The van der Waals surface area contributed by atoms with Crippen molar-refractivity contribution in [2.24, 2.45) is 0 Å². The summed E-state index contributed by atoms with van der Waals surface area (Å²) in [6.07, 6.45) is 0.694. The van der Waals surface area contributed by atoms with E-state index < -0.39 is 41.1 Å². The van der Waals surface area contributed by atoms with Crippen LogP contribution >= 0.6 is 11.6 Å². The molecule has 1 unspecified atom stereocenters. The maximum Gasteiger partial charge on any atom is 0.207 e. The Kier molecular flexibility index (Phi) is 4.53. The second-order valence-corrected chi connectivity index (χ2v) is 5.44. The van der Waals surface area contributed by atoms with E-state index in [1.54, 1.807) is 16.7 Å². The number of pyridine rings is 1. The first-order valence-electron chi connectivity index (χ1n) is 6.76. The van der Waals surface area contributed by atoms with Crippen LogP contribution < -0.4 is 4.74 Å². The van der Waals surface area contributed by atoms with Gasteiger partial charge in [-0.1, -0.05) is 11.6 Å². The molecule has 0 radical (unpaired) electrons. The summed E-state index contributed by atoms with van der Waals surface area (Å²) in [5, 5.41) is 10.2. The molecule has 3 rings (SSSR count). The summed E-state index contributed by atoms with van der Waals surface area (Å²) >= 11 is 5.85. The lowest BCUT2D eigenvalue weighted by Crippen LogP contribution is -2.21. The van der Waals surface area contributed by atoms with Crippen LogP contribution in [0, 0.1) is 29.1 Å². The number of aliphatic hydroxyl groups is 1. The molecular formula is C15H8ClF5N2O2. The molecule has 0 amide bonds. The van der Waals surface area contributed by atoms with Gasteiger partial charge in [0.1, 0.15) is 0 Å². The number of ether oxygens (including phenoxy) is 1. The van der Waals surface area contributed by atoms with Gasteiger partial charge in [0.2, 0.25) is 35.4 Å². The number of aliphatic hydroxyl groups excluding tert-OH is 1. The lowest BCUT2D eigenvalue weighted by molar-refractivity contribution is -0.0227. The molecule has 0 aliphatic rings. The van der Waals surface area contributed by atoms with E-state index in [9.17, 15) is 27.1 Å². The Hall–Kier alpha value is -2.39. The summed E-state index contributed by atoms with van der Waals surface area (Å²) in [6.45, 7) is 0. The molecule has 1 atom stereocenters. The van der Waals surface area contributed by atoms with Gasteiger partial charge in [0.25, 0.3) is 0 Å². The van der Waals surface area contributed by atoms with E-state index >= 15 is 0 Å². The number of rotatable bonds is 4. The second-order valence-electron chi connectivity index (χ2n) is 5.00. The smallest absolute Gasteiger partial charge is 0.207 e. The van der Waals surface area contributed by atoms with Crippen LogP contribution in [0.25, 0.3) is 5.52 Å². The molecule has 3 aromatic rings. The van der Waals surface area contributed by atoms with E-state index in [1.807, 2.05) is 0 Å². The third-order valence-electron chi connectivity index (χ3n) is 3.37. The lowest BCUT2D eigenvalue weighted by atomic mass is 10.2. The summed E-state index contributed by atoms with van der Waals surface area (Å²) in [6, 6.07) is 3.11. The molecule has 25 heavy (non-hydrogen) atoms. The van der Waals surface area contributed by atoms with Gasteiger partial charge < -0.3 is 14.2 Å². The standard InChI is InChI=1S/C15H8ClF5N2O2/c16-6-1-2-23-5-22-7(8(23)3-6)4-9(24)25-15-13(20)11(18)10(17)12(19)14(15)21/h1-3,5,9,24H,4H2. The van der Waals surface area contributed by atoms with E-state index in [2.05, 4.69) is 9.72 Å². The van der Waals surface area contributed by atoms with Gasteiger partial charge in [-0.05, 0) is 12.1 Å². The minimum Gasteiger partial charge on any atom is -0.458 e. The first kappa shape index (κ1) is 17.4. The Morgan fingerprint density at radius 2 is 1.68 bits per heavy atom. The van der Waals surface area contributed by atoms with Crippen LogP contribution in [0.15, 0.2) is 24.7 Å². The minimum atomic E-state index is -2.31. The summed E-state index contributed by atoms with van der Waals surface area (Å²) in [7, 11) is 0. The topological polar surface area (TPSA) is 46.8 Å². The maximum absolute atomic E-state index is 13.6. The Labute approximate surface area is 142 Å². The number of fused-ring (bicyclic) bond motifs is 1. The van der Waals surface area contributed by atoms with Crippen LogP contribution in [0.2, 0.25) is 5.02 Å². The molecule has 2 heterocycles. The first-order chi connectivity index (χ1) is 11.8. The van der Waals surface area contributed by atoms with Crippen LogP contribution in [0.1, 0.15) is 5.69 Å². The average Bonchev–Trinajstić information content (AvgIpc) is 2.97. The van der Waals surface area contributed by atoms with Crippen molar-refractivity contribution in [1.82, 2.24) is 9.38 Å². The Balaban J connectivity index is 1.88. The number of halogens is 6. The van der Waals surface area contributed by atoms with Crippen molar-refractivity contribution in [3.63, 3.8) is 0 Å². The van der Waals surface area contributed by atoms with Gasteiger partial charge in [0, 0.05) is 11.2 Å². The van der Waals surface area contributed by atoms with E-state index in [1.165, 1.54) is 12.4 Å². The monoisotopic (exact) mass is 378 g/mol. The molecule has 0 saturated heterocycles. The second kappa shape index (κ2) is 6.49. The van der Waals surface area contributed by atoms with Crippen molar-refractivity contribution in [3.8, 4) is 5.75 Å². The van der Waals surface area contributed by atoms with E-state index in [-0.39, 0.29) is 12.1 Å². The zero-order chi connectivity index (χ0) is 18.3. The SMILES string of the molecule is OC(Cc1ncn2ccc(Cl)cc12)Oc1c(F)c(F)c(F)c(F)c1F. The molecule has 10 heteroatoms. The summed E-state index contributed by atoms with van der Waals surface area (Å²) in [5.41, 5.74) is 0.728. The maximum atomic E-state index is 13.6. The summed E-state index contributed by atoms with van der Waals surface area (Å²) in [5.74, 6) is -12.6.